The van der Waals surface area contributed by atoms with Crippen LogP contribution >= 0.6 is 22.9 Å². The number of hydrogen-bond donors (Lipinski definition) is 0. The molecular formula is C18H12ClF3N2OS. The molecule has 0 fully saturated rings. The monoisotopic (exact) mass is 396 g/mol. The number of nitrogens with zero attached hydrogens (tertiary/aromatic N) is 2. The second-order valence-electron chi connectivity index (χ2n) is 5.37. The zero-order chi connectivity index (χ0) is 18.9. The summed E-state index contributed by atoms with van der Waals surface area (Å²) in [5.74, 6) is -0.753. The van der Waals surface area contributed by atoms with E-state index in [1.54, 1.807) is 22.8 Å². The third-order valence-corrected chi connectivity index (χ3v) is 4.95. The second-order valence-corrected chi connectivity index (χ2v) is 6.78. The summed E-state index contributed by atoms with van der Waals surface area (Å²) < 4.78 is 41.0. The van der Waals surface area contributed by atoms with Crippen LogP contribution in [0.5, 0.6) is 0 Å². The smallest absolute Gasteiger partial charge is 0.311 e. The highest BCUT2D eigenvalue weighted by atomic mass is 35.5. The fourth-order valence-electron chi connectivity index (χ4n) is 2.45. The molecule has 0 aliphatic heterocycles. The third-order valence-electron chi connectivity index (χ3n) is 3.60. The number of rotatable bonds is 3. The summed E-state index contributed by atoms with van der Waals surface area (Å²) in [6.45, 7) is 4.04. The first-order valence-electron chi connectivity index (χ1n) is 7.46. The molecule has 0 spiro atoms. The van der Waals surface area contributed by atoms with Crippen LogP contribution in [0.2, 0.25) is 5.02 Å². The topological polar surface area (TPSA) is 34.4 Å². The Balaban J connectivity index is 2.13. The van der Waals surface area contributed by atoms with Crippen molar-refractivity contribution < 1.29 is 18.0 Å². The lowest BCUT2D eigenvalue weighted by Gasteiger charge is -2.07. The number of amides is 1. The van der Waals surface area contributed by atoms with Crippen LogP contribution < -0.4 is 4.80 Å². The molecule has 0 saturated carbocycles. The van der Waals surface area contributed by atoms with Gasteiger partial charge in [-0.05, 0) is 30.3 Å². The maximum absolute atomic E-state index is 12.8. The standard InChI is InChI=1S/C18H12ClF3N2OS/c1-2-9-24-15-13(19)7-4-8-14(15)26-17(24)23-16(25)11-5-3-6-12(10-11)18(20,21)22/h2-8,10H,1,9H2. The molecule has 0 N–H and O–H groups in total. The van der Waals surface area contributed by atoms with E-state index >= 15 is 0 Å². The Hall–Kier alpha value is -2.38. The fraction of sp³-hybridized carbons (Fsp3) is 0.111. The van der Waals surface area contributed by atoms with Gasteiger partial charge in [-0.25, -0.2) is 0 Å². The van der Waals surface area contributed by atoms with Gasteiger partial charge in [0.2, 0.25) is 0 Å². The second kappa shape index (κ2) is 7.09. The molecule has 134 valence electrons. The number of benzene rings is 2. The molecule has 0 aliphatic rings. The Morgan fingerprint density at radius 2 is 2.00 bits per heavy atom. The van der Waals surface area contributed by atoms with E-state index in [4.69, 9.17) is 11.6 Å². The van der Waals surface area contributed by atoms with Crippen molar-refractivity contribution in [3.63, 3.8) is 0 Å². The molecule has 0 aliphatic carbocycles. The number of alkyl halides is 3. The Kier molecular flexibility index (Phi) is 5.02. The third kappa shape index (κ3) is 3.59. The van der Waals surface area contributed by atoms with Crippen molar-refractivity contribution in [1.82, 2.24) is 4.57 Å². The molecule has 0 radical (unpaired) electrons. The van der Waals surface area contributed by atoms with Gasteiger partial charge < -0.3 is 4.57 Å². The average Bonchev–Trinajstić information content (AvgIpc) is 2.93. The Bertz CT molecular complexity index is 1070. The van der Waals surface area contributed by atoms with Gasteiger partial charge >= 0.3 is 6.18 Å². The maximum Gasteiger partial charge on any atom is 0.416 e. The molecule has 0 bridgehead atoms. The predicted octanol–water partition coefficient (Wildman–Crippen LogP) is 5.30. The van der Waals surface area contributed by atoms with Crippen LogP contribution in [0.1, 0.15) is 15.9 Å². The molecule has 26 heavy (non-hydrogen) atoms. The number of halogens is 4. The first-order chi connectivity index (χ1) is 12.3. The van der Waals surface area contributed by atoms with Crippen molar-refractivity contribution in [2.24, 2.45) is 4.99 Å². The minimum Gasteiger partial charge on any atom is -0.311 e. The number of hydrogen-bond acceptors (Lipinski definition) is 2. The molecule has 3 nitrogen and oxygen atoms in total. The summed E-state index contributed by atoms with van der Waals surface area (Å²) in [6, 6.07) is 9.52. The number of carbonyl (C=O) groups excluding carboxylic acids is 1. The summed E-state index contributed by atoms with van der Waals surface area (Å²) in [6.07, 6.45) is -2.90. The highest BCUT2D eigenvalue weighted by Crippen LogP contribution is 2.30. The molecule has 3 rings (SSSR count). The van der Waals surface area contributed by atoms with Gasteiger partial charge in [-0.3, -0.25) is 4.79 Å². The van der Waals surface area contributed by atoms with Crippen molar-refractivity contribution in [2.45, 2.75) is 12.7 Å². The summed E-state index contributed by atoms with van der Waals surface area (Å²) in [5.41, 5.74) is -0.319. The van der Waals surface area contributed by atoms with Crippen molar-refractivity contribution in [3.8, 4) is 0 Å². The summed E-state index contributed by atoms with van der Waals surface area (Å²) >= 11 is 7.47. The number of fused-ring (bicyclic) bond motifs is 1. The van der Waals surface area contributed by atoms with Gasteiger partial charge in [0.15, 0.2) is 4.80 Å². The molecule has 1 amide bonds. The zero-order valence-electron chi connectivity index (χ0n) is 13.3. The molecule has 1 heterocycles. The average molecular weight is 397 g/mol. The largest absolute Gasteiger partial charge is 0.416 e. The van der Waals surface area contributed by atoms with Crippen LogP contribution in [0.15, 0.2) is 60.1 Å². The molecule has 8 heteroatoms. The molecule has 0 unspecified atom stereocenters. The Labute approximate surface area is 155 Å². The lowest BCUT2D eigenvalue weighted by atomic mass is 10.1. The van der Waals surface area contributed by atoms with Gasteiger partial charge in [-0.15, -0.1) is 6.58 Å². The molecule has 3 aromatic rings. The van der Waals surface area contributed by atoms with Crippen LogP contribution in [0.3, 0.4) is 0 Å². The minimum atomic E-state index is -4.52. The summed E-state index contributed by atoms with van der Waals surface area (Å²) in [5, 5.41) is 0.494. The predicted molar refractivity (Wildman–Crippen MR) is 96.4 cm³/mol. The Morgan fingerprint density at radius 1 is 1.27 bits per heavy atom. The van der Waals surface area contributed by atoms with Crippen molar-refractivity contribution in [2.75, 3.05) is 0 Å². The SMILES string of the molecule is C=CCn1c(=NC(=O)c2cccc(C(F)(F)F)c2)sc2cccc(Cl)c21. The molecule has 1 aromatic heterocycles. The fourth-order valence-corrected chi connectivity index (χ4v) is 3.85. The normalized spacial score (nSPS) is 12.5. The van der Waals surface area contributed by atoms with E-state index in [1.807, 2.05) is 6.07 Å². The van der Waals surface area contributed by atoms with Crippen molar-refractivity contribution in [3.05, 3.63) is 76.1 Å². The number of para-hydroxylation sites is 1. The highest BCUT2D eigenvalue weighted by molar-refractivity contribution is 7.16. The first kappa shape index (κ1) is 18.4. The van der Waals surface area contributed by atoms with Crippen molar-refractivity contribution >= 4 is 39.1 Å². The highest BCUT2D eigenvalue weighted by Gasteiger charge is 2.30. The van der Waals surface area contributed by atoms with Crippen LogP contribution in [-0.4, -0.2) is 10.5 Å². The molecular weight excluding hydrogens is 385 g/mol. The van der Waals surface area contributed by atoms with Crippen LogP contribution in [0.4, 0.5) is 13.2 Å². The van der Waals surface area contributed by atoms with E-state index in [2.05, 4.69) is 11.6 Å². The van der Waals surface area contributed by atoms with E-state index in [-0.39, 0.29) is 5.56 Å². The van der Waals surface area contributed by atoms with E-state index < -0.39 is 17.6 Å². The lowest BCUT2D eigenvalue weighted by Crippen LogP contribution is -2.16. The van der Waals surface area contributed by atoms with Crippen LogP contribution in [0.25, 0.3) is 10.2 Å². The number of allylic oxidation sites excluding steroid dienone is 1. The van der Waals surface area contributed by atoms with E-state index in [1.165, 1.54) is 23.5 Å². The van der Waals surface area contributed by atoms with Crippen molar-refractivity contribution in [1.29, 1.82) is 0 Å². The number of carbonyl (C=O) groups is 1. The van der Waals surface area contributed by atoms with Crippen LogP contribution in [0, 0.1) is 0 Å². The minimum absolute atomic E-state index is 0.131. The zero-order valence-corrected chi connectivity index (χ0v) is 14.8. The molecule has 0 atom stereocenters. The maximum atomic E-state index is 12.8. The molecule has 2 aromatic carbocycles. The van der Waals surface area contributed by atoms with Gasteiger partial charge in [0.05, 0.1) is 20.8 Å². The lowest BCUT2D eigenvalue weighted by molar-refractivity contribution is -0.137. The van der Waals surface area contributed by atoms with Crippen LogP contribution in [-0.2, 0) is 12.7 Å². The Morgan fingerprint density at radius 3 is 2.69 bits per heavy atom. The first-order valence-corrected chi connectivity index (χ1v) is 8.66. The number of aromatic nitrogens is 1. The van der Waals surface area contributed by atoms with Gasteiger partial charge in [-0.2, -0.15) is 18.2 Å². The molecule has 0 saturated heterocycles. The summed E-state index contributed by atoms with van der Waals surface area (Å²) in [4.78, 5) is 16.8. The van der Waals surface area contributed by atoms with Gasteiger partial charge in [-0.1, -0.05) is 41.1 Å². The van der Waals surface area contributed by atoms with E-state index in [0.29, 0.717) is 21.9 Å². The quantitative estimate of drug-likeness (QED) is 0.553. The van der Waals surface area contributed by atoms with E-state index in [9.17, 15) is 18.0 Å². The van der Waals surface area contributed by atoms with Gasteiger partial charge in [0.1, 0.15) is 0 Å². The van der Waals surface area contributed by atoms with E-state index in [0.717, 1.165) is 16.8 Å². The number of thiazole rings is 1. The van der Waals surface area contributed by atoms with Gasteiger partial charge in [0.25, 0.3) is 5.91 Å². The summed E-state index contributed by atoms with van der Waals surface area (Å²) in [7, 11) is 0. The van der Waals surface area contributed by atoms with Gasteiger partial charge in [0, 0.05) is 12.1 Å².